The van der Waals surface area contributed by atoms with Crippen LogP contribution in [0.4, 0.5) is 0 Å². The number of nitrogens with zero attached hydrogens (tertiary/aromatic N) is 2. The van der Waals surface area contributed by atoms with Gasteiger partial charge in [0.1, 0.15) is 0 Å². The maximum Gasteiger partial charge on any atom is 0.358 e. The fourth-order valence-electron chi connectivity index (χ4n) is 1.02. The van der Waals surface area contributed by atoms with Crippen LogP contribution in [0.1, 0.15) is 10.5 Å². The second-order valence-corrected chi connectivity index (χ2v) is 2.52. The number of methoxy groups -OCH3 is 1. The van der Waals surface area contributed by atoms with E-state index in [9.17, 15) is 9.59 Å². The Morgan fingerprint density at radius 2 is 2.14 bits per heavy atom. The molecule has 72 valence electrons. The van der Waals surface area contributed by atoms with Gasteiger partial charge in [-0.05, 0) is 0 Å². The van der Waals surface area contributed by atoms with Gasteiger partial charge >= 0.3 is 11.7 Å². The second-order valence-electron chi connectivity index (χ2n) is 2.52. The van der Waals surface area contributed by atoms with Crippen LogP contribution in [0.2, 0.25) is 0 Å². The van der Waals surface area contributed by atoms with Crippen LogP contribution in [0, 0.1) is 0 Å². The van der Waals surface area contributed by atoms with Crippen molar-refractivity contribution in [3.8, 4) is 0 Å². The zero-order valence-electron chi connectivity index (χ0n) is 7.20. The quantitative estimate of drug-likeness (QED) is 0.592. The van der Waals surface area contributed by atoms with Gasteiger partial charge in [-0.25, -0.2) is 19.6 Å². The van der Waals surface area contributed by atoms with Crippen LogP contribution in [0.5, 0.6) is 0 Å². The van der Waals surface area contributed by atoms with Gasteiger partial charge in [0.2, 0.25) is 0 Å². The first-order valence-electron chi connectivity index (χ1n) is 3.74. The summed E-state index contributed by atoms with van der Waals surface area (Å²) in [5, 5.41) is 0. The third kappa shape index (κ3) is 1.24. The number of fused-ring (bicyclic) bond motifs is 1. The molecule has 0 bridgehead atoms. The molecule has 0 saturated carbocycles. The fourth-order valence-corrected chi connectivity index (χ4v) is 1.02. The first-order chi connectivity index (χ1) is 6.70. The molecule has 14 heavy (non-hydrogen) atoms. The molecule has 2 aromatic rings. The first kappa shape index (κ1) is 8.42. The molecule has 0 aliphatic rings. The van der Waals surface area contributed by atoms with Crippen LogP contribution >= 0.6 is 0 Å². The Morgan fingerprint density at radius 3 is 2.86 bits per heavy atom. The van der Waals surface area contributed by atoms with Gasteiger partial charge in [-0.3, -0.25) is 9.97 Å². The predicted octanol–water partition coefficient (Wildman–Crippen LogP) is -0.567. The van der Waals surface area contributed by atoms with E-state index in [0.717, 1.165) is 0 Å². The molecule has 0 saturated heterocycles. The smallest absolute Gasteiger partial charge is 0.358 e. The number of carbonyl (C=O) groups is 1. The van der Waals surface area contributed by atoms with Crippen molar-refractivity contribution in [3.05, 3.63) is 22.4 Å². The summed E-state index contributed by atoms with van der Waals surface area (Å²) in [4.78, 5) is 34.3. The molecule has 2 heterocycles. The van der Waals surface area contributed by atoms with Crippen molar-refractivity contribution in [2.24, 2.45) is 0 Å². The molecule has 7 heteroatoms. The molecule has 2 aromatic heterocycles. The zero-order chi connectivity index (χ0) is 10.1. The second kappa shape index (κ2) is 2.95. The van der Waals surface area contributed by atoms with Gasteiger partial charge in [0.15, 0.2) is 17.0 Å². The van der Waals surface area contributed by atoms with Crippen molar-refractivity contribution in [1.29, 1.82) is 0 Å². The third-order valence-corrected chi connectivity index (χ3v) is 1.63. The molecule has 0 atom stereocenters. The van der Waals surface area contributed by atoms with Crippen LogP contribution < -0.4 is 5.69 Å². The topological polar surface area (TPSA) is 101 Å². The van der Waals surface area contributed by atoms with Gasteiger partial charge in [0.05, 0.1) is 13.3 Å². The lowest BCUT2D eigenvalue weighted by Gasteiger charge is -1.95. The van der Waals surface area contributed by atoms with Crippen molar-refractivity contribution < 1.29 is 9.53 Å². The molecule has 0 aliphatic heterocycles. The van der Waals surface area contributed by atoms with Crippen LogP contribution in [0.15, 0.2) is 11.0 Å². The van der Waals surface area contributed by atoms with E-state index >= 15 is 0 Å². The summed E-state index contributed by atoms with van der Waals surface area (Å²) in [5.74, 6) is -0.596. The Hall–Kier alpha value is -2.18. The van der Waals surface area contributed by atoms with Crippen molar-refractivity contribution >= 4 is 17.3 Å². The molecule has 7 nitrogen and oxygen atoms in total. The molecule has 2 rings (SSSR count). The van der Waals surface area contributed by atoms with Crippen LogP contribution in [-0.4, -0.2) is 33.0 Å². The number of imidazole rings is 1. The van der Waals surface area contributed by atoms with Gasteiger partial charge in [0, 0.05) is 0 Å². The summed E-state index contributed by atoms with van der Waals surface area (Å²) < 4.78 is 4.45. The molecule has 0 aromatic carbocycles. The largest absolute Gasteiger partial charge is 0.464 e. The Balaban J connectivity index is 2.61. The first-order valence-corrected chi connectivity index (χ1v) is 3.74. The standard InChI is InChI=1S/C7H6N4O3/c1-14-6(12)3-2-8-4-5(9-3)11-7(13)10-4/h2H,1H3,(H2,8,9,10,11,13). The summed E-state index contributed by atoms with van der Waals surface area (Å²) >= 11 is 0. The molecular weight excluding hydrogens is 188 g/mol. The highest BCUT2D eigenvalue weighted by Gasteiger charge is 2.09. The Kier molecular flexibility index (Phi) is 1.77. The number of hydrogen-bond acceptors (Lipinski definition) is 5. The van der Waals surface area contributed by atoms with Gasteiger partial charge in [-0.2, -0.15) is 0 Å². The highest BCUT2D eigenvalue weighted by molar-refractivity contribution is 5.88. The van der Waals surface area contributed by atoms with Crippen molar-refractivity contribution in [3.63, 3.8) is 0 Å². The fraction of sp³-hybridized carbons (Fsp3) is 0.143. The van der Waals surface area contributed by atoms with Gasteiger partial charge < -0.3 is 4.74 Å². The third-order valence-electron chi connectivity index (χ3n) is 1.63. The van der Waals surface area contributed by atoms with Gasteiger partial charge in [-0.15, -0.1) is 0 Å². The van der Waals surface area contributed by atoms with Gasteiger partial charge in [-0.1, -0.05) is 0 Å². The van der Waals surface area contributed by atoms with E-state index in [-0.39, 0.29) is 11.3 Å². The number of H-pyrrole nitrogens is 2. The lowest BCUT2D eigenvalue weighted by Crippen LogP contribution is -2.05. The number of esters is 1. The van der Waals surface area contributed by atoms with E-state index in [1.165, 1.54) is 13.3 Å². The number of aromatic amines is 2. The number of carbonyl (C=O) groups excluding carboxylic acids is 1. The Morgan fingerprint density at radius 1 is 1.43 bits per heavy atom. The minimum atomic E-state index is -0.596. The lowest BCUT2D eigenvalue weighted by atomic mass is 10.4. The average Bonchev–Trinajstić information content (AvgIpc) is 2.55. The number of nitrogens with one attached hydrogen (secondary N) is 2. The van der Waals surface area contributed by atoms with Crippen LogP contribution in [0.25, 0.3) is 11.3 Å². The molecule has 2 N–H and O–H groups in total. The molecule has 0 unspecified atom stereocenters. The lowest BCUT2D eigenvalue weighted by molar-refractivity contribution is 0.0594. The van der Waals surface area contributed by atoms with Gasteiger partial charge in [0.25, 0.3) is 0 Å². The monoisotopic (exact) mass is 194 g/mol. The van der Waals surface area contributed by atoms with E-state index in [0.29, 0.717) is 5.65 Å². The predicted molar refractivity (Wildman–Crippen MR) is 45.8 cm³/mol. The van der Waals surface area contributed by atoms with E-state index in [1.54, 1.807) is 0 Å². The number of ether oxygens (including phenoxy) is 1. The Labute approximate surface area is 77.1 Å². The summed E-state index contributed by atoms with van der Waals surface area (Å²) in [6.45, 7) is 0. The minimum absolute atomic E-state index is 0.0512. The maximum absolute atomic E-state index is 11.0. The van der Waals surface area contributed by atoms with Crippen LogP contribution in [-0.2, 0) is 4.74 Å². The molecular formula is C7H6N4O3. The van der Waals surface area contributed by atoms with Crippen LogP contribution in [0.3, 0.4) is 0 Å². The maximum atomic E-state index is 11.0. The molecule has 0 radical (unpaired) electrons. The summed E-state index contributed by atoms with van der Waals surface area (Å²) in [6.07, 6.45) is 1.23. The minimum Gasteiger partial charge on any atom is -0.464 e. The summed E-state index contributed by atoms with van der Waals surface area (Å²) in [5.41, 5.74) is 0.179. The molecule has 0 amide bonds. The zero-order valence-corrected chi connectivity index (χ0v) is 7.20. The van der Waals surface area contributed by atoms with Crippen molar-refractivity contribution in [2.45, 2.75) is 0 Å². The summed E-state index contributed by atoms with van der Waals surface area (Å²) in [6, 6.07) is 0. The van der Waals surface area contributed by atoms with E-state index < -0.39 is 11.7 Å². The Bertz CT molecular complexity index is 541. The summed E-state index contributed by atoms with van der Waals surface area (Å²) in [7, 11) is 1.24. The highest BCUT2D eigenvalue weighted by Crippen LogP contribution is 2.01. The molecule has 0 spiro atoms. The van der Waals surface area contributed by atoms with E-state index in [1.807, 2.05) is 0 Å². The average molecular weight is 194 g/mol. The molecule has 0 aliphatic carbocycles. The molecule has 0 fully saturated rings. The number of rotatable bonds is 1. The van der Waals surface area contributed by atoms with E-state index in [2.05, 4.69) is 24.7 Å². The van der Waals surface area contributed by atoms with Crippen molar-refractivity contribution in [2.75, 3.05) is 7.11 Å². The highest BCUT2D eigenvalue weighted by atomic mass is 16.5. The van der Waals surface area contributed by atoms with Crippen molar-refractivity contribution in [1.82, 2.24) is 19.9 Å². The number of aromatic nitrogens is 4. The SMILES string of the molecule is COC(=O)c1cnc2[nH]c(=O)[nH]c2n1. The normalized spacial score (nSPS) is 10.4. The number of hydrogen-bond donors (Lipinski definition) is 2. The van der Waals surface area contributed by atoms with E-state index in [4.69, 9.17) is 0 Å².